The maximum atomic E-state index is 13.6. The fraction of sp³-hybridized carbons (Fsp3) is 0.208. The van der Waals surface area contributed by atoms with Gasteiger partial charge in [-0.3, -0.25) is 4.79 Å². The number of hydrogen-bond donors (Lipinski definition) is 1. The second-order valence-corrected chi connectivity index (χ2v) is 9.03. The molecule has 1 amide bonds. The van der Waals surface area contributed by atoms with E-state index in [1.165, 1.54) is 23.1 Å². The lowest BCUT2D eigenvalue weighted by molar-refractivity contribution is 0.0772. The van der Waals surface area contributed by atoms with Crippen LogP contribution in [0.1, 0.15) is 21.5 Å². The van der Waals surface area contributed by atoms with Crippen LogP contribution in [0.5, 0.6) is 5.75 Å². The highest BCUT2D eigenvalue weighted by Gasteiger charge is 2.20. The third kappa shape index (κ3) is 5.93. The first kappa shape index (κ1) is 23.4. The fourth-order valence-electron chi connectivity index (χ4n) is 3.05. The van der Waals surface area contributed by atoms with Crippen LogP contribution in [0, 0.1) is 12.7 Å². The summed E-state index contributed by atoms with van der Waals surface area (Å²) >= 11 is 0. The minimum atomic E-state index is -3.82. The zero-order chi connectivity index (χ0) is 23.1. The summed E-state index contributed by atoms with van der Waals surface area (Å²) in [4.78, 5) is 14.3. The van der Waals surface area contributed by atoms with E-state index in [1.807, 2.05) is 30.3 Å². The number of ether oxygens (including phenoxy) is 1. The molecule has 0 unspecified atom stereocenters. The molecule has 0 atom stereocenters. The van der Waals surface area contributed by atoms with E-state index in [-0.39, 0.29) is 41.8 Å². The summed E-state index contributed by atoms with van der Waals surface area (Å²) in [6.07, 6.45) is 0. The number of aryl methyl sites for hydroxylation is 1. The minimum absolute atomic E-state index is 0.0512. The lowest BCUT2D eigenvalue weighted by Crippen LogP contribution is -2.31. The number of amides is 1. The first-order chi connectivity index (χ1) is 15.3. The van der Waals surface area contributed by atoms with Crippen LogP contribution in [0.25, 0.3) is 0 Å². The van der Waals surface area contributed by atoms with E-state index in [1.54, 1.807) is 38.2 Å². The summed E-state index contributed by atoms with van der Waals surface area (Å²) in [6, 6.07) is 19.8. The number of sulfonamides is 1. The second kappa shape index (κ2) is 10.4. The van der Waals surface area contributed by atoms with Gasteiger partial charge in [0, 0.05) is 19.2 Å². The van der Waals surface area contributed by atoms with Crippen molar-refractivity contribution in [3.05, 3.63) is 95.3 Å². The number of carbonyl (C=O) groups excluding carboxylic acids is 1. The highest BCUT2D eigenvalue weighted by molar-refractivity contribution is 7.89. The molecule has 0 aliphatic carbocycles. The molecule has 3 aromatic carbocycles. The topological polar surface area (TPSA) is 75.7 Å². The highest BCUT2D eigenvalue weighted by Crippen LogP contribution is 2.19. The monoisotopic (exact) mass is 456 g/mol. The number of likely N-dealkylation sites (N-methyl/N-ethyl adjacent to an activating group) is 1. The van der Waals surface area contributed by atoms with Gasteiger partial charge in [0.2, 0.25) is 10.0 Å². The van der Waals surface area contributed by atoms with Crippen molar-refractivity contribution < 1.29 is 22.3 Å². The third-order valence-electron chi connectivity index (χ3n) is 4.90. The predicted molar refractivity (Wildman–Crippen MR) is 121 cm³/mol. The van der Waals surface area contributed by atoms with E-state index in [4.69, 9.17) is 4.74 Å². The first-order valence-electron chi connectivity index (χ1n) is 10.0. The van der Waals surface area contributed by atoms with E-state index >= 15 is 0 Å². The molecule has 0 aromatic heterocycles. The molecule has 3 rings (SSSR count). The van der Waals surface area contributed by atoms with Crippen molar-refractivity contribution in [1.29, 1.82) is 0 Å². The van der Waals surface area contributed by atoms with E-state index in [0.29, 0.717) is 5.56 Å². The van der Waals surface area contributed by atoms with Crippen LogP contribution in [0.2, 0.25) is 0 Å². The van der Waals surface area contributed by atoms with Crippen molar-refractivity contribution in [3.63, 3.8) is 0 Å². The lowest BCUT2D eigenvalue weighted by Gasteiger charge is -2.19. The molecule has 0 radical (unpaired) electrons. The molecule has 0 saturated carbocycles. The molecule has 8 heteroatoms. The van der Waals surface area contributed by atoms with Gasteiger partial charge >= 0.3 is 0 Å². The Bertz CT molecular complexity index is 1180. The molecule has 1 N–H and O–H groups in total. The van der Waals surface area contributed by atoms with Gasteiger partial charge in [0.15, 0.2) is 11.6 Å². The van der Waals surface area contributed by atoms with Crippen molar-refractivity contribution >= 4 is 15.9 Å². The van der Waals surface area contributed by atoms with Crippen LogP contribution in [0.4, 0.5) is 4.39 Å². The van der Waals surface area contributed by atoms with Crippen molar-refractivity contribution in [2.45, 2.75) is 18.4 Å². The zero-order valence-corrected chi connectivity index (χ0v) is 18.7. The molecule has 3 aromatic rings. The van der Waals surface area contributed by atoms with Crippen molar-refractivity contribution in [3.8, 4) is 5.75 Å². The smallest absolute Gasteiger partial charge is 0.253 e. The van der Waals surface area contributed by atoms with E-state index in [2.05, 4.69) is 4.72 Å². The zero-order valence-electron chi connectivity index (χ0n) is 17.9. The van der Waals surface area contributed by atoms with E-state index in [0.717, 1.165) is 5.56 Å². The summed E-state index contributed by atoms with van der Waals surface area (Å²) in [7, 11) is -2.24. The average Bonchev–Trinajstić information content (AvgIpc) is 2.79. The molecular formula is C24H25FN2O4S. The number of nitrogens with one attached hydrogen (secondary N) is 1. The molecule has 32 heavy (non-hydrogen) atoms. The van der Waals surface area contributed by atoms with Gasteiger partial charge in [-0.2, -0.15) is 0 Å². The van der Waals surface area contributed by atoms with Crippen molar-refractivity contribution in [2.24, 2.45) is 0 Å². The van der Waals surface area contributed by atoms with Crippen LogP contribution in [0.3, 0.4) is 0 Å². The van der Waals surface area contributed by atoms with Gasteiger partial charge in [-0.15, -0.1) is 0 Å². The fourth-order valence-corrected chi connectivity index (χ4v) is 4.34. The highest BCUT2D eigenvalue weighted by atomic mass is 32.2. The molecule has 0 bridgehead atoms. The maximum absolute atomic E-state index is 13.6. The number of benzene rings is 3. The average molecular weight is 457 g/mol. The Labute approximate surface area is 187 Å². The maximum Gasteiger partial charge on any atom is 0.253 e. The molecule has 0 fully saturated rings. The lowest BCUT2D eigenvalue weighted by atomic mass is 10.1. The molecular weight excluding hydrogens is 431 g/mol. The summed E-state index contributed by atoms with van der Waals surface area (Å²) < 4.78 is 47.3. The third-order valence-corrected chi connectivity index (χ3v) is 6.44. The SMILES string of the molecule is Cc1ccc(C(=O)N(C)CCOc2ccccc2F)cc1S(=O)(=O)NCc1ccccc1. The Morgan fingerprint density at radius 3 is 2.44 bits per heavy atom. The van der Waals surface area contributed by atoms with Gasteiger partial charge in [-0.1, -0.05) is 48.5 Å². The molecule has 0 aliphatic rings. The van der Waals surface area contributed by atoms with Gasteiger partial charge in [0.1, 0.15) is 6.61 Å². The number of carbonyl (C=O) groups is 1. The van der Waals surface area contributed by atoms with Gasteiger partial charge < -0.3 is 9.64 Å². The normalized spacial score (nSPS) is 11.2. The van der Waals surface area contributed by atoms with Gasteiger partial charge in [-0.25, -0.2) is 17.5 Å². The Morgan fingerprint density at radius 2 is 1.72 bits per heavy atom. The summed E-state index contributed by atoms with van der Waals surface area (Å²) in [6.45, 7) is 2.12. The number of hydrogen-bond acceptors (Lipinski definition) is 4. The first-order valence-corrected chi connectivity index (χ1v) is 11.5. The van der Waals surface area contributed by atoms with Crippen LogP contribution in [-0.4, -0.2) is 39.4 Å². The molecule has 0 saturated heterocycles. The van der Waals surface area contributed by atoms with Crippen molar-refractivity contribution in [1.82, 2.24) is 9.62 Å². The largest absolute Gasteiger partial charge is 0.489 e. The molecule has 0 spiro atoms. The summed E-state index contributed by atoms with van der Waals surface area (Å²) in [5.41, 5.74) is 1.60. The second-order valence-electron chi connectivity index (χ2n) is 7.30. The van der Waals surface area contributed by atoms with E-state index in [9.17, 15) is 17.6 Å². The van der Waals surface area contributed by atoms with E-state index < -0.39 is 15.8 Å². The molecule has 0 heterocycles. The standard InChI is InChI=1S/C24H25FN2O4S/c1-18-12-13-20(16-23(18)32(29,30)26-17-19-8-4-3-5-9-19)24(28)27(2)14-15-31-22-11-7-6-10-21(22)25/h3-13,16,26H,14-15,17H2,1-2H3. The van der Waals surface area contributed by atoms with Crippen LogP contribution >= 0.6 is 0 Å². The number of para-hydroxylation sites is 1. The van der Waals surface area contributed by atoms with Crippen LogP contribution in [-0.2, 0) is 16.6 Å². The molecule has 6 nitrogen and oxygen atoms in total. The number of nitrogens with zero attached hydrogens (tertiary/aromatic N) is 1. The minimum Gasteiger partial charge on any atom is -0.489 e. The Balaban J connectivity index is 1.66. The van der Waals surface area contributed by atoms with Gasteiger partial charge in [-0.05, 0) is 42.3 Å². The van der Waals surface area contributed by atoms with Gasteiger partial charge in [0.25, 0.3) is 5.91 Å². The summed E-state index contributed by atoms with van der Waals surface area (Å²) in [5.74, 6) is -0.721. The summed E-state index contributed by atoms with van der Waals surface area (Å²) in [5, 5.41) is 0. The Kier molecular flexibility index (Phi) is 7.61. The Hall–Kier alpha value is -3.23. The van der Waals surface area contributed by atoms with Crippen molar-refractivity contribution in [2.75, 3.05) is 20.2 Å². The predicted octanol–water partition coefficient (Wildman–Crippen LogP) is 3.76. The van der Waals surface area contributed by atoms with Gasteiger partial charge in [0.05, 0.1) is 11.4 Å². The molecule has 0 aliphatic heterocycles. The number of rotatable bonds is 9. The molecule has 168 valence electrons. The van der Waals surface area contributed by atoms with Crippen LogP contribution < -0.4 is 9.46 Å². The Morgan fingerprint density at radius 1 is 1.03 bits per heavy atom. The quantitative estimate of drug-likeness (QED) is 0.532. The number of halogens is 1. The van der Waals surface area contributed by atoms with Crippen LogP contribution in [0.15, 0.2) is 77.7 Å².